The zero-order chi connectivity index (χ0) is 12.1. The third-order valence-electron chi connectivity index (χ3n) is 3.22. The SMILES string of the molecule is Cc1cccnc1COC1CCC(=NO)CC1. The van der Waals surface area contributed by atoms with E-state index in [9.17, 15) is 0 Å². The van der Waals surface area contributed by atoms with Crippen LogP contribution in [0.5, 0.6) is 0 Å². The zero-order valence-electron chi connectivity index (χ0n) is 10.1. The lowest BCUT2D eigenvalue weighted by molar-refractivity contribution is 0.0257. The van der Waals surface area contributed by atoms with Crippen molar-refractivity contribution >= 4 is 5.71 Å². The molecule has 4 heteroatoms. The Kier molecular flexibility index (Phi) is 4.09. The fourth-order valence-electron chi connectivity index (χ4n) is 2.06. The summed E-state index contributed by atoms with van der Waals surface area (Å²) >= 11 is 0. The molecule has 92 valence electrons. The molecule has 1 aromatic rings. The third kappa shape index (κ3) is 3.27. The number of aromatic nitrogens is 1. The second-order valence-corrected chi connectivity index (χ2v) is 4.44. The van der Waals surface area contributed by atoms with E-state index in [0.717, 1.165) is 37.1 Å². The average molecular weight is 234 g/mol. The van der Waals surface area contributed by atoms with Gasteiger partial charge in [0.05, 0.1) is 24.1 Å². The molecule has 4 nitrogen and oxygen atoms in total. The van der Waals surface area contributed by atoms with Crippen molar-refractivity contribution in [2.75, 3.05) is 0 Å². The van der Waals surface area contributed by atoms with E-state index in [1.54, 1.807) is 6.20 Å². The molecule has 0 unspecified atom stereocenters. The number of hydrogen-bond acceptors (Lipinski definition) is 4. The molecule has 1 heterocycles. The van der Waals surface area contributed by atoms with Crippen LogP contribution in [-0.2, 0) is 11.3 Å². The van der Waals surface area contributed by atoms with Gasteiger partial charge in [-0.05, 0) is 44.2 Å². The van der Waals surface area contributed by atoms with Gasteiger partial charge in [-0.25, -0.2) is 0 Å². The molecule has 1 N–H and O–H groups in total. The summed E-state index contributed by atoms with van der Waals surface area (Å²) in [6.45, 7) is 2.62. The minimum Gasteiger partial charge on any atom is -0.411 e. The van der Waals surface area contributed by atoms with Crippen LogP contribution in [0.15, 0.2) is 23.5 Å². The van der Waals surface area contributed by atoms with Gasteiger partial charge in [-0.2, -0.15) is 0 Å². The van der Waals surface area contributed by atoms with Crippen LogP contribution in [0.4, 0.5) is 0 Å². The van der Waals surface area contributed by atoms with Crippen molar-refractivity contribution in [2.45, 2.75) is 45.3 Å². The summed E-state index contributed by atoms with van der Waals surface area (Å²) < 4.78 is 5.84. The zero-order valence-corrected chi connectivity index (χ0v) is 10.1. The van der Waals surface area contributed by atoms with Crippen LogP contribution in [0.2, 0.25) is 0 Å². The van der Waals surface area contributed by atoms with Crippen molar-refractivity contribution < 1.29 is 9.94 Å². The molecule has 0 radical (unpaired) electrons. The molecule has 1 aromatic heterocycles. The van der Waals surface area contributed by atoms with E-state index in [-0.39, 0.29) is 6.10 Å². The summed E-state index contributed by atoms with van der Waals surface area (Å²) in [7, 11) is 0. The smallest absolute Gasteiger partial charge is 0.0894 e. The Morgan fingerprint density at radius 1 is 1.47 bits per heavy atom. The van der Waals surface area contributed by atoms with Crippen LogP contribution in [0, 0.1) is 6.92 Å². The van der Waals surface area contributed by atoms with Gasteiger partial charge in [-0.3, -0.25) is 4.98 Å². The first-order chi connectivity index (χ1) is 8.29. The first-order valence-electron chi connectivity index (χ1n) is 6.01. The number of nitrogens with zero attached hydrogens (tertiary/aromatic N) is 2. The molecule has 2 rings (SSSR count). The minimum atomic E-state index is 0.266. The van der Waals surface area contributed by atoms with Crippen molar-refractivity contribution in [1.82, 2.24) is 4.98 Å². The van der Waals surface area contributed by atoms with Gasteiger partial charge >= 0.3 is 0 Å². The molecule has 0 saturated heterocycles. The fourth-order valence-corrected chi connectivity index (χ4v) is 2.06. The molecule has 0 spiro atoms. The Bertz CT molecular complexity index is 394. The van der Waals surface area contributed by atoms with Gasteiger partial charge < -0.3 is 9.94 Å². The van der Waals surface area contributed by atoms with Crippen LogP contribution in [0.3, 0.4) is 0 Å². The maximum Gasteiger partial charge on any atom is 0.0894 e. The topological polar surface area (TPSA) is 54.7 Å². The Balaban J connectivity index is 1.82. The predicted molar refractivity (Wildman–Crippen MR) is 65.2 cm³/mol. The van der Waals surface area contributed by atoms with Crippen LogP contribution >= 0.6 is 0 Å². The summed E-state index contributed by atoms with van der Waals surface area (Å²) in [6, 6.07) is 3.98. The quantitative estimate of drug-likeness (QED) is 0.646. The van der Waals surface area contributed by atoms with E-state index in [1.165, 1.54) is 5.56 Å². The van der Waals surface area contributed by atoms with Gasteiger partial charge in [-0.1, -0.05) is 11.2 Å². The largest absolute Gasteiger partial charge is 0.411 e. The van der Waals surface area contributed by atoms with Gasteiger partial charge in [0.15, 0.2) is 0 Å². The van der Waals surface area contributed by atoms with Crippen molar-refractivity contribution in [2.24, 2.45) is 5.16 Å². The fraction of sp³-hybridized carbons (Fsp3) is 0.538. The first-order valence-corrected chi connectivity index (χ1v) is 6.01. The highest BCUT2D eigenvalue weighted by atomic mass is 16.5. The molecule has 0 bridgehead atoms. The molecule has 17 heavy (non-hydrogen) atoms. The van der Waals surface area contributed by atoms with E-state index in [0.29, 0.717) is 6.61 Å². The maximum atomic E-state index is 8.66. The summed E-state index contributed by atoms with van der Waals surface area (Å²) in [6.07, 6.45) is 5.60. The second-order valence-electron chi connectivity index (χ2n) is 4.44. The summed E-state index contributed by atoms with van der Waals surface area (Å²) in [5.74, 6) is 0. The predicted octanol–water partition coefficient (Wildman–Crippen LogP) is 2.68. The van der Waals surface area contributed by atoms with Crippen LogP contribution in [-0.4, -0.2) is 22.0 Å². The Morgan fingerprint density at radius 3 is 2.88 bits per heavy atom. The van der Waals surface area contributed by atoms with Crippen LogP contribution < -0.4 is 0 Å². The minimum absolute atomic E-state index is 0.266. The second kappa shape index (κ2) is 5.77. The standard InChI is InChI=1S/C13H18N2O2/c1-10-3-2-8-14-13(10)9-17-12-6-4-11(15-16)5-7-12/h2-3,8,12,16H,4-7,9H2,1H3. The molecular formula is C13H18N2O2. The molecule has 1 fully saturated rings. The highest BCUT2D eigenvalue weighted by Crippen LogP contribution is 2.20. The molecular weight excluding hydrogens is 216 g/mol. The highest BCUT2D eigenvalue weighted by molar-refractivity contribution is 5.84. The Hall–Kier alpha value is -1.42. The number of ether oxygens (including phenoxy) is 1. The molecule has 0 aromatic carbocycles. The van der Waals surface area contributed by atoms with Crippen LogP contribution in [0.25, 0.3) is 0 Å². The van der Waals surface area contributed by atoms with Crippen molar-refractivity contribution in [3.8, 4) is 0 Å². The van der Waals surface area contributed by atoms with E-state index >= 15 is 0 Å². The van der Waals surface area contributed by atoms with Crippen molar-refractivity contribution in [3.05, 3.63) is 29.6 Å². The van der Waals surface area contributed by atoms with Gasteiger partial charge in [0.2, 0.25) is 0 Å². The number of aryl methyl sites for hydroxylation is 1. The molecule has 0 atom stereocenters. The lowest BCUT2D eigenvalue weighted by atomic mass is 9.96. The van der Waals surface area contributed by atoms with E-state index < -0.39 is 0 Å². The lowest BCUT2D eigenvalue weighted by Gasteiger charge is -2.22. The maximum absolute atomic E-state index is 8.66. The number of hydrogen-bond donors (Lipinski definition) is 1. The van der Waals surface area contributed by atoms with E-state index in [2.05, 4.69) is 10.1 Å². The number of pyridine rings is 1. The van der Waals surface area contributed by atoms with E-state index in [1.807, 2.05) is 19.1 Å². The molecule has 1 aliphatic rings. The van der Waals surface area contributed by atoms with Gasteiger partial charge in [-0.15, -0.1) is 0 Å². The molecule has 1 aliphatic carbocycles. The molecule has 0 amide bonds. The van der Waals surface area contributed by atoms with Gasteiger partial charge in [0, 0.05) is 6.20 Å². The van der Waals surface area contributed by atoms with Crippen molar-refractivity contribution in [3.63, 3.8) is 0 Å². The van der Waals surface area contributed by atoms with Gasteiger partial charge in [0.25, 0.3) is 0 Å². The Labute approximate surface area is 101 Å². The molecule has 0 aliphatic heterocycles. The summed E-state index contributed by atoms with van der Waals surface area (Å²) in [4.78, 5) is 4.31. The van der Waals surface area contributed by atoms with Crippen LogP contribution in [0.1, 0.15) is 36.9 Å². The average Bonchev–Trinajstić information content (AvgIpc) is 2.38. The van der Waals surface area contributed by atoms with Gasteiger partial charge in [0.1, 0.15) is 0 Å². The summed E-state index contributed by atoms with van der Waals surface area (Å²) in [5, 5.41) is 11.9. The number of rotatable bonds is 3. The Morgan fingerprint density at radius 2 is 2.24 bits per heavy atom. The monoisotopic (exact) mass is 234 g/mol. The molecule has 1 saturated carbocycles. The normalized spacial score (nSPS) is 20.3. The highest BCUT2D eigenvalue weighted by Gasteiger charge is 2.18. The van der Waals surface area contributed by atoms with E-state index in [4.69, 9.17) is 9.94 Å². The third-order valence-corrected chi connectivity index (χ3v) is 3.22. The lowest BCUT2D eigenvalue weighted by Crippen LogP contribution is -2.21. The van der Waals surface area contributed by atoms with Crippen molar-refractivity contribution in [1.29, 1.82) is 0 Å². The number of oxime groups is 1. The summed E-state index contributed by atoms with van der Waals surface area (Å²) in [5.41, 5.74) is 3.06. The first kappa shape index (κ1) is 12.0.